The second-order valence-electron chi connectivity index (χ2n) is 6.07. The highest BCUT2D eigenvalue weighted by Crippen LogP contribution is 2.14. The highest BCUT2D eigenvalue weighted by atomic mass is 16.5. The van der Waals surface area contributed by atoms with Crippen molar-refractivity contribution in [2.24, 2.45) is 10.7 Å². The van der Waals surface area contributed by atoms with Crippen molar-refractivity contribution < 1.29 is 14.2 Å². The molecule has 0 amide bonds. The van der Waals surface area contributed by atoms with Crippen molar-refractivity contribution in [2.45, 2.75) is 6.54 Å². The molecule has 0 unspecified atom stereocenters. The number of likely N-dealkylation sites (N-methyl/N-ethyl adjacent to an activating group) is 1. The molecule has 0 atom stereocenters. The summed E-state index contributed by atoms with van der Waals surface area (Å²) < 4.78 is 16.2. The Morgan fingerprint density at radius 2 is 2.04 bits per heavy atom. The molecule has 25 heavy (non-hydrogen) atoms. The van der Waals surface area contributed by atoms with Crippen LogP contribution in [-0.2, 0) is 16.0 Å². The molecule has 0 aliphatic carbocycles. The van der Waals surface area contributed by atoms with E-state index in [2.05, 4.69) is 21.8 Å². The van der Waals surface area contributed by atoms with Gasteiger partial charge in [0.25, 0.3) is 0 Å². The quantitative estimate of drug-likeness (QED) is 0.524. The Hall–Kier alpha value is -1.83. The average molecular weight is 350 g/mol. The summed E-state index contributed by atoms with van der Waals surface area (Å²) in [4.78, 5) is 8.73. The Labute approximate surface area is 150 Å². The van der Waals surface area contributed by atoms with E-state index < -0.39 is 0 Å². The number of benzene rings is 1. The largest absolute Gasteiger partial charge is 0.492 e. The summed E-state index contributed by atoms with van der Waals surface area (Å²) in [5.74, 6) is 1.44. The minimum absolute atomic E-state index is 0.550. The Morgan fingerprint density at radius 1 is 1.28 bits per heavy atom. The molecule has 1 aliphatic heterocycles. The van der Waals surface area contributed by atoms with E-state index in [1.165, 1.54) is 0 Å². The van der Waals surface area contributed by atoms with Crippen LogP contribution in [0.25, 0.3) is 0 Å². The predicted molar refractivity (Wildman–Crippen MR) is 99.0 cm³/mol. The van der Waals surface area contributed by atoms with Gasteiger partial charge >= 0.3 is 0 Å². The van der Waals surface area contributed by atoms with Crippen LogP contribution in [0.2, 0.25) is 0 Å². The van der Waals surface area contributed by atoms with E-state index in [4.69, 9.17) is 19.9 Å². The third-order valence-electron chi connectivity index (χ3n) is 4.08. The molecule has 2 N–H and O–H groups in total. The van der Waals surface area contributed by atoms with Gasteiger partial charge in [-0.25, -0.2) is 4.99 Å². The summed E-state index contributed by atoms with van der Waals surface area (Å²) in [7, 11) is 3.77. The molecule has 0 radical (unpaired) electrons. The van der Waals surface area contributed by atoms with Crippen LogP contribution in [-0.4, -0.2) is 82.5 Å². The number of guanidine groups is 1. The minimum atomic E-state index is 0.550. The van der Waals surface area contributed by atoms with Crippen molar-refractivity contribution in [3.05, 3.63) is 29.8 Å². The summed E-state index contributed by atoms with van der Waals surface area (Å²) in [6, 6.07) is 8.01. The number of hydrogen-bond acceptors (Lipinski definition) is 5. The van der Waals surface area contributed by atoms with Gasteiger partial charge in [0.15, 0.2) is 5.96 Å². The van der Waals surface area contributed by atoms with E-state index in [1.54, 1.807) is 7.11 Å². The molecule has 0 aromatic heterocycles. The van der Waals surface area contributed by atoms with Crippen LogP contribution in [0.4, 0.5) is 0 Å². The lowest BCUT2D eigenvalue weighted by Crippen LogP contribution is -2.44. The smallest absolute Gasteiger partial charge is 0.191 e. The lowest BCUT2D eigenvalue weighted by Gasteiger charge is -2.27. The zero-order chi connectivity index (χ0) is 17.9. The molecule has 1 aromatic rings. The summed E-state index contributed by atoms with van der Waals surface area (Å²) in [5.41, 5.74) is 7.15. The Balaban J connectivity index is 1.78. The van der Waals surface area contributed by atoms with Gasteiger partial charge in [-0.05, 0) is 24.7 Å². The molecular weight excluding hydrogens is 320 g/mol. The van der Waals surface area contributed by atoms with Gasteiger partial charge < -0.3 is 29.7 Å². The van der Waals surface area contributed by atoms with Crippen LogP contribution in [0.3, 0.4) is 0 Å². The number of aliphatic imine (C=N–C) groups is 1. The van der Waals surface area contributed by atoms with E-state index in [9.17, 15) is 0 Å². The molecule has 2 rings (SSSR count). The molecule has 1 fully saturated rings. The van der Waals surface area contributed by atoms with Gasteiger partial charge in [0.1, 0.15) is 12.4 Å². The fourth-order valence-corrected chi connectivity index (χ4v) is 2.48. The highest BCUT2D eigenvalue weighted by Gasteiger charge is 2.11. The van der Waals surface area contributed by atoms with E-state index in [-0.39, 0.29) is 0 Å². The Bertz CT molecular complexity index is 533. The molecule has 0 spiro atoms. The van der Waals surface area contributed by atoms with Crippen LogP contribution in [0.15, 0.2) is 29.3 Å². The molecule has 7 nitrogen and oxygen atoms in total. The molecule has 1 saturated heterocycles. The standard InChI is InChI=1S/C18H30N4O3/c1-21(6-10-23-2)7-13-25-17-5-3-4-16(14-17)15-20-18(19)22-8-11-24-12-9-22/h3-5,14H,6-13,15H2,1-2H3,(H2,19,20). The lowest BCUT2D eigenvalue weighted by atomic mass is 10.2. The van der Waals surface area contributed by atoms with E-state index >= 15 is 0 Å². The second kappa shape index (κ2) is 10.9. The zero-order valence-electron chi connectivity index (χ0n) is 15.3. The average Bonchev–Trinajstić information content (AvgIpc) is 2.65. The third kappa shape index (κ3) is 7.29. The SMILES string of the molecule is COCCN(C)CCOc1cccc(CN=C(N)N2CCOCC2)c1. The minimum Gasteiger partial charge on any atom is -0.492 e. The molecule has 0 saturated carbocycles. The molecule has 140 valence electrons. The number of nitrogens with two attached hydrogens (primary N) is 1. The normalized spacial score (nSPS) is 15.6. The topological polar surface area (TPSA) is 72.5 Å². The van der Waals surface area contributed by atoms with Crippen molar-refractivity contribution in [2.75, 3.05) is 66.8 Å². The van der Waals surface area contributed by atoms with E-state index in [0.29, 0.717) is 32.3 Å². The van der Waals surface area contributed by atoms with E-state index in [0.717, 1.165) is 44.1 Å². The van der Waals surface area contributed by atoms with Gasteiger partial charge in [0.2, 0.25) is 0 Å². The second-order valence-corrected chi connectivity index (χ2v) is 6.07. The summed E-state index contributed by atoms with van der Waals surface area (Å²) in [6.07, 6.45) is 0. The van der Waals surface area contributed by atoms with Gasteiger partial charge in [0, 0.05) is 33.3 Å². The number of ether oxygens (including phenoxy) is 3. The van der Waals surface area contributed by atoms with E-state index in [1.807, 2.05) is 24.3 Å². The Morgan fingerprint density at radius 3 is 2.80 bits per heavy atom. The first-order valence-electron chi connectivity index (χ1n) is 8.71. The molecule has 0 bridgehead atoms. The van der Waals surface area contributed by atoms with Crippen molar-refractivity contribution in [1.29, 1.82) is 0 Å². The number of nitrogens with zero attached hydrogens (tertiary/aromatic N) is 3. The van der Waals surface area contributed by atoms with Crippen molar-refractivity contribution in [3.63, 3.8) is 0 Å². The molecular formula is C18H30N4O3. The van der Waals surface area contributed by atoms with Crippen LogP contribution in [0.1, 0.15) is 5.56 Å². The van der Waals surface area contributed by atoms with Gasteiger partial charge in [-0.2, -0.15) is 0 Å². The van der Waals surface area contributed by atoms with Crippen molar-refractivity contribution >= 4 is 5.96 Å². The maximum Gasteiger partial charge on any atom is 0.191 e. The van der Waals surface area contributed by atoms with Gasteiger partial charge in [-0.1, -0.05) is 12.1 Å². The fourth-order valence-electron chi connectivity index (χ4n) is 2.48. The highest BCUT2D eigenvalue weighted by molar-refractivity contribution is 5.78. The van der Waals surface area contributed by atoms with Crippen LogP contribution in [0.5, 0.6) is 5.75 Å². The number of hydrogen-bond donors (Lipinski definition) is 1. The molecule has 1 heterocycles. The number of rotatable bonds is 9. The monoisotopic (exact) mass is 350 g/mol. The molecule has 1 aromatic carbocycles. The molecule has 7 heteroatoms. The number of methoxy groups -OCH3 is 1. The maximum absolute atomic E-state index is 6.06. The predicted octanol–water partition coefficient (Wildman–Crippen LogP) is 0.791. The number of morpholine rings is 1. The van der Waals surface area contributed by atoms with Crippen molar-refractivity contribution in [3.8, 4) is 5.75 Å². The zero-order valence-corrected chi connectivity index (χ0v) is 15.3. The first kappa shape index (κ1) is 19.5. The lowest BCUT2D eigenvalue weighted by molar-refractivity contribution is 0.0674. The summed E-state index contributed by atoms with van der Waals surface area (Å²) in [5, 5.41) is 0. The van der Waals surface area contributed by atoms with Crippen LogP contribution in [0, 0.1) is 0 Å². The maximum atomic E-state index is 6.06. The fraction of sp³-hybridized carbons (Fsp3) is 0.611. The van der Waals surface area contributed by atoms with Gasteiger partial charge in [0.05, 0.1) is 26.4 Å². The Kier molecular flexibility index (Phi) is 8.51. The van der Waals surface area contributed by atoms with Gasteiger partial charge in [-0.15, -0.1) is 0 Å². The van der Waals surface area contributed by atoms with Gasteiger partial charge in [-0.3, -0.25) is 0 Å². The van der Waals surface area contributed by atoms with Crippen LogP contribution >= 0.6 is 0 Å². The first-order valence-corrected chi connectivity index (χ1v) is 8.71. The van der Waals surface area contributed by atoms with Crippen LogP contribution < -0.4 is 10.5 Å². The summed E-state index contributed by atoms with van der Waals surface area (Å²) in [6.45, 7) is 6.69. The van der Waals surface area contributed by atoms with Crippen molar-refractivity contribution in [1.82, 2.24) is 9.80 Å². The first-order chi connectivity index (χ1) is 12.2. The molecule has 1 aliphatic rings. The third-order valence-corrected chi connectivity index (χ3v) is 4.08. The summed E-state index contributed by atoms with van der Waals surface area (Å²) >= 11 is 0.